The second-order valence-corrected chi connectivity index (χ2v) is 7.28. The highest BCUT2D eigenvalue weighted by atomic mass is 19.1. The van der Waals surface area contributed by atoms with Gasteiger partial charge in [0.05, 0.1) is 5.52 Å². The first-order chi connectivity index (χ1) is 12.0. The molecule has 1 saturated carbocycles. The number of aromatic nitrogens is 1. The minimum Gasteiger partial charge on any atom is -0.477 e. The standard InChI is InChI=1S/C19H21FN2O3/c1-21-6-4-11(5-7-21)13-9-17-14(8-16(13)20)18(23)15(19(24)25)10-22(17)12-2-3-12/h8-12H,2-7H2,1H3,(H,24,25). The lowest BCUT2D eigenvalue weighted by Gasteiger charge is -2.29. The number of rotatable bonds is 3. The number of nitrogens with zero attached hydrogens (tertiary/aromatic N) is 2. The van der Waals surface area contributed by atoms with Gasteiger partial charge in [-0.1, -0.05) is 0 Å². The maximum atomic E-state index is 14.8. The highest BCUT2D eigenvalue weighted by molar-refractivity contribution is 5.92. The van der Waals surface area contributed by atoms with Crippen molar-refractivity contribution in [1.82, 2.24) is 9.47 Å². The molecular weight excluding hydrogens is 323 g/mol. The number of piperidine rings is 1. The van der Waals surface area contributed by atoms with Crippen molar-refractivity contribution < 1.29 is 14.3 Å². The van der Waals surface area contributed by atoms with Crippen LogP contribution < -0.4 is 5.43 Å². The highest BCUT2D eigenvalue weighted by Crippen LogP contribution is 2.38. The lowest BCUT2D eigenvalue weighted by Crippen LogP contribution is -2.29. The van der Waals surface area contributed by atoms with E-state index in [-0.39, 0.29) is 22.9 Å². The van der Waals surface area contributed by atoms with E-state index >= 15 is 0 Å². The smallest absolute Gasteiger partial charge is 0.341 e. The lowest BCUT2D eigenvalue weighted by molar-refractivity contribution is 0.0695. The van der Waals surface area contributed by atoms with Crippen LogP contribution in [-0.4, -0.2) is 40.7 Å². The Bertz CT molecular complexity index is 909. The number of aromatic carboxylic acids is 1. The SMILES string of the molecule is CN1CCC(c2cc3c(cc2F)c(=O)c(C(=O)O)cn3C2CC2)CC1. The highest BCUT2D eigenvalue weighted by Gasteiger charge is 2.28. The molecule has 0 radical (unpaired) electrons. The van der Waals surface area contributed by atoms with E-state index in [1.807, 2.05) is 4.57 Å². The average molecular weight is 344 g/mol. The monoisotopic (exact) mass is 344 g/mol. The number of benzene rings is 1. The van der Waals surface area contributed by atoms with Crippen LogP contribution in [0.15, 0.2) is 23.1 Å². The maximum absolute atomic E-state index is 14.8. The number of likely N-dealkylation sites (tertiary alicyclic amines) is 1. The van der Waals surface area contributed by atoms with E-state index in [0.29, 0.717) is 11.1 Å². The van der Waals surface area contributed by atoms with Gasteiger partial charge in [0.1, 0.15) is 11.4 Å². The van der Waals surface area contributed by atoms with Crippen LogP contribution in [0.5, 0.6) is 0 Å². The van der Waals surface area contributed by atoms with Crippen LogP contribution >= 0.6 is 0 Å². The second-order valence-electron chi connectivity index (χ2n) is 7.28. The number of hydrogen-bond donors (Lipinski definition) is 1. The first kappa shape index (κ1) is 16.3. The van der Waals surface area contributed by atoms with Crippen molar-refractivity contribution in [2.45, 2.75) is 37.6 Å². The molecule has 0 unspecified atom stereocenters. The van der Waals surface area contributed by atoms with Crippen LogP contribution in [0.25, 0.3) is 10.9 Å². The van der Waals surface area contributed by atoms with Crippen molar-refractivity contribution in [3.8, 4) is 0 Å². The number of fused-ring (bicyclic) bond motifs is 1. The summed E-state index contributed by atoms with van der Waals surface area (Å²) in [6.07, 6.45) is 5.12. The molecule has 1 aromatic carbocycles. The first-order valence-corrected chi connectivity index (χ1v) is 8.76. The molecule has 6 heteroatoms. The van der Waals surface area contributed by atoms with E-state index in [9.17, 15) is 19.1 Å². The second kappa shape index (κ2) is 5.95. The topological polar surface area (TPSA) is 62.5 Å². The largest absolute Gasteiger partial charge is 0.477 e. The van der Waals surface area contributed by atoms with Gasteiger partial charge in [-0.05, 0) is 69.4 Å². The van der Waals surface area contributed by atoms with E-state index in [2.05, 4.69) is 11.9 Å². The van der Waals surface area contributed by atoms with E-state index in [4.69, 9.17) is 0 Å². The summed E-state index contributed by atoms with van der Waals surface area (Å²) in [5.41, 5.74) is 0.421. The summed E-state index contributed by atoms with van der Waals surface area (Å²) in [7, 11) is 2.06. The fourth-order valence-corrected chi connectivity index (χ4v) is 3.83. The van der Waals surface area contributed by atoms with Crippen LogP contribution in [0.4, 0.5) is 4.39 Å². The van der Waals surface area contributed by atoms with Crippen LogP contribution in [0.3, 0.4) is 0 Å². The van der Waals surface area contributed by atoms with Gasteiger partial charge in [0.2, 0.25) is 5.43 Å². The Morgan fingerprint density at radius 1 is 1.20 bits per heavy atom. The molecule has 1 aliphatic heterocycles. The molecule has 2 fully saturated rings. The zero-order valence-corrected chi connectivity index (χ0v) is 14.2. The van der Waals surface area contributed by atoms with Gasteiger partial charge in [0.25, 0.3) is 0 Å². The van der Waals surface area contributed by atoms with Crippen LogP contribution in [0.2, 0.25) is 0 Å². The quantitative estimate of drug-likeness (QED) is 0.930. The van der Waals surface area contributed by atoms with Crippen molar-refractivity contribution in [3.05, 3.63) is 45.5 Å². The zero-order chi connectivity index (χ0) is 17.7. The molecule has 0 bridgehead atoms. The summed E-state index contributed by atoms with van der Waals surface area (Å²) in [4.78, 5) is 26.1. The first-order valence-electron chi connectivity index (χ1n) is 8.76. The number of carbonyl (C=O) groups is 1. The number of carboxylic acids is 1. The third-order valence-electron chi connectivity index (χ3n) is 5.48. The normalized spacial score (nSPS) is 19.4. The summed E-state index contributed by atoms with van der Waals surface area (Å²) in [5, 5.41) is 9.46. The van der Waals surface area contributed by atoms with Gasteiger partial charge in [0.15, 0.2) is 0 Å². The Kier molecular flexibility index (Phi) is 3.87. The van der Waals surface area contributed by atoms with Gasteiger partial charge < -0.3 is 14.6 Å². The van der Waals surface area contributed by atoms with Crippen LogP contribution in [-0.2, 0) is 0 Å². The van der Waals surface area contributed by atoms with Gasteiger partial charge in [-0.3, -0.25) is 4.79 Å². The molecule has 1 aliphatic carbocycles. The molecule has 0 spiro atoms. The van der Waals surface area contributed by atoms with E-state index in [1.165, 1.54) is 12.3 Å². The molecule has 1 N–H and O–H groups in total. The molecule has 132 valence electrons. The summed E-state index contributed by atoms with van der Waals surface area (Å²) in [6.45, 7) is 1.85. The van der Waals surface area contributed by atoms with Crippen molar-refractivity contribution in [1.29, 1.82) is 0 Å². The maximum Gasteiger partial charge on any atom is 0.341 e. The summed E-state index contributed by atoms with van der Waals surface area (Å²) in [5.74, 6) is -1.52. The van der Waals surface area contributed by atoms with Gasteiger partial charge >= 0.3 is 5.97 Å². The van der Waals surface area contributed by atoms with Gasteiger partial charge in [-0.15, -0.1) is 0 Å². The molecule has 0 amide bonds. The zero-order valence-electron chi connectivity index (χ0n) is 14.2. The van der Waals surface area contributed by atoms with E-state index in [1.54, 1.807) is 6.07 Å². The Hall–Kier alpha value is -2.21. The van der Waals surface area contributed by atoms with Crippen molar-refractivity contribution >= 4 is 16.9 Å². The summed E-state index contributed by atoms with van der Waals surface area (Å²) in [6, 6.07) is 3.24. The number of pyridine rings is 1. The minimum absolute atomic E-state index is 0.141. The molecule has 5 nitrogen and oxygen atoms in total. The van der Waals surface area contributed by atoms with Gasteiger partial charge in [-0.25, -0.2) is 9.18 Å². The molecular formula is C19H21FN2O3. The molecule has 2 aliphatic rings. The molecule has 2 aromatic rings. The predicted molar refractivity (Wildman–Crippen MR) is 92.9 cm³/mol. The van der Waals surface area contributed by atoms with Crippen molar-refractivity contribution in [3.63, 3.8) is 0 Å². The lowest BCUT2D eigenvalue weighted by atomic mass is 9.88. The number of halogens is 1. The number of hydrogen-bond acceptors (Lipinski definition) is 3. The Morgan fingerprint density at radius 3 is 2.48 bits per heavy atom. The van der Waals surface area contributed by atoms with Crippen molar-refractivity contribution in [2.75, 3.05) is 20.1 Å². The van der Waals surface area contributed by atoms with Gasteiger partial charge in [-0.2, -0.15) is 0 Å². The summed E-state index contributed by atoms with van der Waals surface area (Å²) < 4.78 is 16.6. The fourth-order valence-electron chi connectivity index (χ4n) is 3.83. The molecule has 25 heavy (non-hydrogen) atoms. The molecule has 1 saturated heterocycles. The Morgan fingerprint density at radius 2 is 1.88 bits per heavy atom. The van der Waals surface area contributed by atoms with E-state index in [0.717, 1.165) is 38.8 Å². The molecule has 4 rings (SSSR count). The van der Waals surface area contributed by atoms with E-state index < -0.39 is 17.2 Å². The molecule has 0 atom stereocenters. The predicted octanol–water partition coefficient (Wildman–Crippen LogP) is 2.98. The van der Waals surface area contributed by atoms with Crippen molar-refractivity contribution in [2.24, 2.45) is 0 Å². The molecule has 1 aromatic heterocycles. The minimum atomic E-state index is -1.26. The third kappa shape index (κ3) is 2.84. The Balaban J connectivity index is 1.90. The Labute approximate surface area is 144 Å². The van der Waals surface area contributed by atoms with Crippen LogP contribution in [0, 0.1) is 5.82 Å². The van der Waals surface area contributed by atoms with Crippen LogP contribution in [0.1, 0.15) is 53.6 Å². The fraction of sp³-hybridized carbons (Fsp3) is 0.474. The van der Waals surface area contributed by atoms with Gasteiger partial charge in [0, 0.05) is 17.6 Å². The average Bonchev–Trinajstić information content (AvgIpc) is 3.41. The third-order valence-corrected chi connectivity index (χ3v) is 5.48. The summed E-state index contributed by atoms with van der Waals surface area (Å²) >= 11 is 0. The number of carboxylic acid groups (broad SMARTS) is 1. The molecule has 2 heterocycles.